The van der Waals surface area contributed by atoms with Gasteiger partial charge in [-0.3, -0.25) is 0 Å². The van der Waals surface area contributed by atoms with E-state index >= 15 is 0 Å². The molecule has 0 aliphatic carbocycles. The average Bonchev–Trinajstić information content (AvgIpc) is 2.74. The molecule has 0 radical (unpaired) electrons. The molecule has 6 heteroatoms. The van der Waals surface area contributed by atoms with Gasteiger partial charge >= 0.3 is 5.63 Å². The Hall–Kier alpha value is -3.41. The van der Waals surface area contributed by atoms with Crippen LogP contribution in [0.5, 0.6) is 11.5 Å². The quantitative estimate of drug-likeness (QED) is 0.613. The number of aryl methyl sites for hydroxylation is 1. The lowest BCUT2D eigenvalue weighted by atomic mass is 10.0. The van der Waals surface area contributed by atoms with E-state index in [9.17, 15) is 9.90 Å². The van der Waals surface area contributed by atoms with E-state index in [4.69, 9.17) is 9.15 Å². The summed E-state index contributed by atoms with van der Waals surface area (Å²) < 4.78 is 10.5. The van der Waals surface area contributed by atoms with Crippen LogP contribution in [0.3, 0.4) is 0 Å². The molecule has 2 N–H and O–H groups in total. The average molecular weight is 406 g/mol. The van der Waals surface area contributed by atoms with Crippen LogP contribution in [0.15, 0.2) is 57.9 Å². The Kier molecular flexibility index (Phi) is 5.65. The van der Waals surface area contributed by atoms with Gasteiger partial charge in [0.25, 0.3) is 0 Å². The number of anilines is 1. The highest BCUT2D eigenvalue weighted by Gasteiger charge is 2.18. The Morgan fingerprint density at radius 2 is 1.97 bits per heavy atom. The Morgan fingerprint density at radius 1 is 1.17 bits per heavy atom. The highest BCUT2D eigenvalue weighted by atomic mass is 16.5. The van der Waals surface area contributed by atoms with E-state index in [1.807, 2.05) is 43.3 Å². The fourth-order valence-corrected chi connectivity index (χ4v) is 3.80. The highest BCUT2D eigenvalue weighted by molar-refractivity contribution is 5.90. The number of fused-ring (bicyclic) bond motifs is 1. The summed E-state index contributed by atoms with van der Waals surface area (Å²) in [6.07, 6.45) is 6.04. The maximum absolute atomic E-state index is 11.9. The molecule has 0 atom stereocenters. The number of likely N-dealkylation sites (tertiary alicyclic amines) is 1. The van der Waals surface area contributed by atoms with Gasteiger partial charge in [-0.25, -0.2) is 4.79 Å². The van der Waals surface area contributed by atoms with Crippen LogP contribution in [0.4, 0.5) is 5.69 Å². The molecule has 0 saturated carbocycles. The second-order valence-corrected chi connectivity index (χ2v) is 7.68. The van der Waals surface area contributed by atoms with Crippen molar-refractivity contribution in [3.63, 3.8) is 0 Å². The summed E-state index contributed by atoms with van der Waals surface area (Å²) in [4.78, 5) is 14.2. The molecule has 4 rings (SSSR count). The van der Waals surface area contributed by atoms with Gasteiger partial charge < -0.3 is 24.5 Å². The molecule has 1 fully saturated rings. The third-order valence-corrected chi connectivity index (χ3v) is 5.47. The first-order valence-electron chi connectivity index (χ1n) is 10.1. The Morgan fingerprint density at radius 3 is 2.73 bits per heavy atom. The molecule has 0 bridgehead atoms. The maximum atomic E-state index is 11.9. The number of phenolic OH excluding ortho intramolecular Hbond substituents is 1. The van der Waals surface area contributed by atoms with Crippen LogP contribution in [0, 0.1) is 6.92 Å². The molecule has 0 unspecified atom stereocenters. The molecule has 1 saturated heterocycles. The molecule has 0 spiro atoms. The van der Waals surface area contributed by atoms with Gasteiger partial charge in [-0.1, -0.05) is 17.7 Å². The molecule has 30 heavy (non-hydrogen) atoms. The van der Waals surface area contributed by atoms with Crippen LogP contribution >= 0.6 is 0 Å². The van der Waals surface area contributed by atoms with Crippen molar-refractivity contribution in [1.29, 1.82) is 0 Å². The van der Waals surface area contributed by atoms with Crippen LogP contribution in [0.1, 0.15) is 24.0 Å². The van der Waals surface area contributed by atoms with Gasteiger partial charge in [-0.15, -0.1) is 0 Å². The number of methoxy groups -OCH3 is 1. The minimum absolute atomic E-state index is 0.138. The summed E-state index contributed by atoms with van der Waals surface area (Å²) in [5.41, 5.74) is 3.22. The molecule has 2 heterocycles. The summed E-state index contributed by atoms with van der Waals surface area (Å²) in [7, 11) is 1.54. The zero-order chi connectivity index (χ0) is 21.1. The third kappa shape index (κ3) is 4.43. The minimum Gasteiger partial charge on any atom is -0.504 e. The summed E-state index contributed by atoms with van der Waals surface area (Å²) >= 11 is 0. The Bertz CT molecular complexity index is 1130. The van der Waals surface area contributed by atoms with Crippen molar-refractivity contribution >= 4 is 22.7 Å². The van der Waals surface area contributed by atoms with E-state index < -0.39 is 0 Å². The van der Waals surface area contributed by atoms with Crippen LogP contribution < -0.4 is 15.7 Å². The van der Waals surface area contributed by atoms with Gasteiger partial charge in [0.05, 0.1) is 12.8 Å². The monoisotopic (exact) mass is 406 g/mol. The van der Waals surface area contributed by atoms with E-state index in [1.54, 1.807) is 19.2 Å². The lowest BCUT2D eigenvalue weighted by molar-refractivity contribution is 0.295. The van der Waals surface area contributed by atoms with Crippen molar-refractivity contribution in [1.82, 2.24) is 4.90 Å². The maximum Gasteiger partial charge on any atom is 0.338 e. The lowest BCUT2D eigenvalue weighted by Crippen LogP contribution is -2.36. The number of aromatic hydroxyl groups is 1. The molecule has 2 aromatic carbocycles. The molecule has 156 valence electrons. The third-order valence-electron chi connectivity index (χ3n) is 5.47. The van der Waals surface area contributed by atoms with Gasteiger partial charge in [0, 0.05) is 30.6 Å². The molecular weight excluding hydrogens is 380 g/mol. The van der Waals surface area contributed by atoms with Crippen molar-refractivity contribution in [2.75, 3.05) is 25.5 Å². The van der Waals surface area contributed by atoms with E-state index in [-0.39, 0.29) is 11.4 Å². The summed E-state index contributed by atoms with van der Waals surface area (Å²) in [5.74, 6) is 0.606. The second-order valence-electron chi connectivity index (χ2n) is 7.68. The van der Waals surface area contributed by atoms with Crippen LogP contribution in [0.2, 0.25) is 0 Å². The zero-order valence-electron chi connectivity index (χ0n) is 17.2. The number of phenols is 1. The van der Waals surface area contributed by atoms with Crippen LogP contribution in [-0.4, -0.2) is 36.2 Å². The fraction of sp³-hybridized carbons (Fsp3) is 0.292. The number of hydrogen-bond donors (Lipinski definition) is 2. The Balaban J connectivity index is 1.40. The standard InChI is InChI=1S/C24H26N2O4/c1-16-3-6-22-19(13-16)20(15-24(28)30-22)25-18-8-11-26(12-9-18)10-7-17-4-5-21(27)23(14-17)29-2/h3-7,10,13-15,18,25,27H,8-9,11-12H2,1-2H3/b10-7+. The van der Waals surface area contributed by atoms with E-state index in [0.29, 0.717) is 17.4 Å². The van der Waals surface area contributed by atoms with Crippen molar-refractivity contribution in [2.45, 2.75) is 25.8 Å². The topological polar surface area (TPSA) is 74.9 Å². The molecule has 3 aromatic rings. The van der Waals surface area contributed by atoms with E-state index in [0.717, 1.165) is 48.1 Å². The lowest BCUT2D eigenvalue weighted by Gasteiger charge is -2.32. The first kappa shape index (κ1) is 19.9. The largest absolute Gasteiger partial charge is 0.504 e. The minimum atomic E-state index is -0.335. The summed E-state index contributed by atoms with van der Waals surface area (Å²) in [5, 5.41) is 14.2. The first-order valence-corrected chi connectivity index (χ1v) is 10.1. The van der Waals surface area contributed by atoms with Crippen molar-refractivity contribution in [2.24, 2.45) is 0 Å². The van der Waals surface area contributed by atoms with Gasteiger partial charge in [-0.05, 0) is 61.9 Å². The SMILES string of the molecule is COc1cc(/C=C/N2CCC(Nc3cc(=O)oc4ccc(C)cc34)CC2)ccc1O. The molecule has 1 aliphatic heterocycles. The predicted octanol–water partition coefficient (Wildman–Crippen LogP) is 4.36. The zero-order valence-corrected chi connectivity index (χ0v) is 17.2. The van der Waals surface area contributed by atoms with Crippen molar-refractivity contribution in [3.8, 4) is 11.5 Å². The van der Waals surface area contributed by atoms with Gasteiger partial charge in [0.2, 0.25) is 0 Å². The molecule has 1 aliphatic rings. The molecule has 6 nitrogen and oxygen atoms in total. The normalized spacial score (nSPS) is 15.1. The van der Waals surface area contributed by atoms with Crippen LogP contribution in [0.25, 0.3) is 17.0 Å². The number of nitrogens with one attached hydrogen (secondary N) is 1. The number of nitrogens with zero attached hydrogens (tertiary/aromatic N) is 1. The molecule has 1 aromatic heterocycles. The number of rotatable bonds is 5. The van der Waals surface area contributed by atoms with E-state index in [1.165, 1.54) is 0 Å². The van der Waals surface area contributed by atoms with Crippen molar-refractivity contribution < 1.29 is 14.3 Å². The van der Waals surface area contributed by atoms with Gasteiger partial charge in [-0.2, -0.15) is 0 Å². The first-order chi connectivity index (χ1) is 14.5. The smallest absolute Gasteiger partial charge is 0.338 e. The van der Waals surface area contributed by atoms with Crippen molar-refractivity contribution in [3.05, 3.63) is 70.2 Å². The van der Waals surface area contributed by atoms with Gasteiger partial charge in [0.1, 0.15) is 5.58 Å². The Labute approximate surface area is 175 Å². The van der Waals surface area contributed by atoms with Crippen LogP contribution in [-0.2, 0) is 0 Å². The summed E-state index contributed by atoms with van der Waals surface area (Å²) in [6, 6.07) is 13.0. The van der Waals surface area contributed by atoms with E-state index in [2.05, 4.69) is 16.4 Å². The molecule has 0 amide bonds. The number of benzene rings is 2. The van der Waals surface area contributed by atoms with Gasteiger partial charge in [0.15, 0.2) is 11.5 Å². The second kappa shape index (κ2) is 8.53. The fourth-order valence-electron chi connectivity index (χ4n) is 3.80. The number of hydrogen-bond acceptors (Lipinski definition) is 6. The number of piperidine rings is 1. The molecular formula is C24H26N2O4. The predicted molar refractivity (Wildman–Crippen MR) is 119 cm³/mol. The highest BCUT2D eigenvalue weighted by Crippen LogP contribution is 2.28. The number of ether oxygens (including phenoxy) is 1. The summed E-state index contributed by atoms with van der Waals surface area (Å²) in [6.45, 7) is 3.87.